The number of aromatic nitrogens is 1. The largest absolute Gasteiger partial charge is 0.479 e. The van der Waals surface area contributed by atoms with Crippen LogP contribution in [0.25, 0.3) is 10.9 Å². The zero-order chi connectivity index (χ0) is 36.6. The third-order valence-corrected chi connectivity index (χ3v) is 7.34. The van der Waals surface area contributed by atoms with Crippen LogP contribution in [-0.4, -0.2) is 57.4 Å². The highest BCUT2D eigenvalue weighted by atomic mass is 35.5. The van der Waals surface area contributed by atoms with E-state index in [1.807, 2.05) is 0 Å². The first-order chi connectivity index (χ1) is 22.8. The third kappa shape index (κ3) is 11.0. The van der Waals surface area contributed by atoms with Crippen molar-refractivity contribution >= 4 is 46.6 Å². The Bertz CT molecular complexity index is 1810. The maximum atomic E-state index is 13.4. The van der Waals surface area contributed by atoms with E-state index in [9.17, 15) is 29.1 Å². The van der Waals surface area contributed by atoms with Crippen molar-refractivity contribution in [2.24, 2.45) is 0 Å². The van der Waals surface area contributed by atoms with Crippen molar-refractivity contribution in [3.63, 3.8) is 0 Å². The average molecular weight is 695 g/mol. The zero-order valence-corrected chi connectivity index (χ0v) is 29.5. The smallest absolute Gasteiger partial charge is 0.409 e. The molecular weight excluding hydrogens is 652 g/mol. The predicted octanol–water partition coefficient (Wildman–Crippen LogP) is 5.87. The first-order valence-electron chi connectivity index (χ1n) is 15.7. The van der Waals surface area contributed by atoms with Crippen molar-refractivity contribution in [3.8, 4) is 11.8 Å². The predicted molar refractivity (Wildman–Crippen MR) is 187 cm³/mol. The van der Waals surface area contributed by atoms with Crippen LogP contribution in [-0.2, 0) is 20.8 Å². The lowest BCUT2D eigenvalue weighted by Gasteiger charge is -2.35. The maximum absolute atomic E-state index is 13.4. The number of carboxylic acids is 1. The zero-order valence-electron chi connectivity index (χ0n) is 28.7. The highest BCUT2D eigenvalue weighted by Crippen LogP contribution is 2.35. The number of hydrogen-bond donors (Lipinski definition) is 5. The topological polar surface area (TPSA) is 176 Å². The van der Waals surface area contributed by atoms with Gasteiger partial charge in [0.2, 0.25) is 5.54 Å². The van der Waals surface area contributed by atoms with Crippen molar-refractivity contribution in [2.75, 3.05) is 6.54 Å². The number of nitrogens with one attached hydrogen (secondary N) is 4. The molecule has 1 heterocycles. The molecule has 0 saturated carbocycles. The number of hydrogen-bond acceptors (Lipinski definition) is 7. The number of aliphatic carboxylic acids is 1. The monoisotopic (exact) mass is 694 g/mol. The Balaban J connectivity index is 2.01. The van der Waals surface area contributed by atoms with Crippen molar-refractivity contribution in [3.05, 3.63) is 80.6 Å². The van der Waals surface area contributed by atoms with Gasteiger partial charge in [0.25, 0.3) is 5.91 Å². The lowest BCUT2D eigenvalue weighted by atomic mass is 9.76. The van der Waals surface area contributed by atoms with E-state index in [4.69, 9.17) is 21.1 Å². The van der Waals surface area contributed by atoms with Crippen LogP contribution < -0.4 is 21.4 Å². The number of amides is 3. The molecule has 3 rings (SSSR count). The molecule has 3 amide bonds. The molecule has 2 unspecified atom stereocenters. The molecule has 0 radical (unpaired) electrons. The van der Waals surface area contributed by atoms with Gasteiger partial charge in [-0.25, -0.2) is 14.4 Å². The first kappa shape index (κ1) is 38.4. The SMILES string of the molecule is CC#CC(NC(=O)OC(C)(C)C)(C(=O)O)C(CCCNC(=O)OC(C)(C)C)c1ccc2[nH]c(C(=O)NCc3ccc(Cl)cc3)cc(=O)c2c1. The van der Waals surface area contributed by atoms with Crippen LogP contribution in [0.1, 0.15) is 88.8 Å². The molecule has 0 aliphatic heterocycles. The van der Waals surface area contributed by atoms with E-state index in [-0.39, 0.29) is 37.0 Å². The second kappa shape index (κ2) is 15.9. The van der Waals surface area contributed by atoms with Crippen LogP contribution in [0.4, 0.5) is 9.59 Å². The minimum Gasteiger partial charge on any atom is -0.479 e. The second-order valence-electron chi connectivity index (χ2n) is 13.4. The Hall–Kier alpha value is -5.02. The molecule has 2 aromatic carbocycles. The van der Waals surface area contributed by atoms with Gasteiger partial charge in [-0.1, -0.05) is 35.7 Å². The summed E-state index contributed by atoms with van der Waals surface area (Å²) in [7, 11) is 0. The van der Waals surface area contributed by atoms with Crippen LogP contribution in [0.5, 0.6) is 0 Å². The summed E-state index contributed by atoms with van der Waals surface area (Å²) in [5.74, 6) is 2.34. The van der Waals surface area contributed by atoms with Gasteiger partial charge in [-0.05, 0) is 96.7 Å². The van der Waals surface area contributed by atoms with Crippen LogP contribution in [0.15, 0.2) is 53.3 Å². The summed E-state index contributed by atoms with van der Waals surface area (Å²) in [5, 5.41) is 19.3. The van der Waals surface area contributed by atoms with Gasteiger partial charge >= 0.3 is 18.2 Å². The van der Waals surface area contributed by atoms with E-state index < -0.39 is 52.2 Å². The fraction of sp³-hybridized carbons (Fsp3) is 0.417. The molecule has 0 bridgehead atoms. The number of fused-ring (bicyclic) bond motifs is 1. The number of rotatable bonds is 11. The Morgan fingerprint density at radius 1 is 0.918 bits per heavy atom. The lowest BCUT2D eigenvalue weighted by molar-refractivity contribution is -0.143. The van der Waals surface area contributed by atoms with Gasteiger partial charge in [0.15, 0.2) is 5.43 Å². The number of halogens is 1. The fourth-order valence-corrected chi connectivity index (χ4v) is 5.18. The Morgan fingerprint density at radius 2 is 1.55 bits per heavy atom. The molecule has 13 heteroatoms. The summed E-state index contributed by atoms with van der Waals surface area (Å²) >= 11 is 5.93. The number of H-pyrrole nitrogens is 1. The van der Waals surface area contributed by atoms with Crippen molar-refractivity contribution in [1.82, 2.24) is 20.9 Å². The molecule has 12 nitrogen and oxygen atoms in total. The number of aromatic amines is 1. The van der Waals surface area contributed by atoms with Gasteiger partial charge in [-0.3, -0.25) is 14.9 Å². The quantitative estimate of drug-likeness (QED) is 0.122. The van der Waals surface area contributed by atoms with Crippen molar-refractivity contribution < 1.29 is 33.8 Å². The number of pyridine rings is 1. The van der Waals surface area contributed by atoms with Crippen LogP contribution in [0.3, 0.4) is 0 Å². The molecule has 5 N–H and O–H groups in total. The Morgan fingerprint density at radius 3 is 2.14 bits per heavy atom. The van der Waals surface area contributed by atoms with Crippen LogP contribution >= 0.6 is 11.6 Å². The summed E-state index contributed by atoms with van der Waals surface area (Å²) in [6.45, 7) is 11.9. The molecular formula is C36H43ClN4O8. The molecule has 1 aromatic heterocycles. The minimum atomic E-state index is -2.19. The summed E-state index contributed by atoms with van der Waals surface area (Å²) < 4.78 is 10.7. The van der Waals surface area contributed by atoms with E-state index in [2.05, 4.69) is 32.8 Å². The summed E-state index contributed by atoms with van der Waals surface area (Å²) in [6.07, 6.45) is -1.29. The van der Waals surface area contributed by atoms with Crippen molar-refractivity contribution in [2.45, 2.75) is 90.5 Å². The van der Waals surface area contributed by atoms with Gasteiger partial charge in [-0.2, -0.15) is 0 Å². The van der Waals surface area contributed by atoms with Gasteiger partial charge in [0, 0.05) is 41.0 Å². The van der Waals surface area contributed by atoms with E-state index in [0.717, 1.165) is 11.6 Å². The van der Waals surface area contributed by atoms with E-state index in [0.29, 0.717) is 16.1 Å². The van der Waals surface area contributed by atoms with Gasteiger partial charge in [0.05, 0.1) is 0 Å². The van der Waals surface area contributed by atoms with Gasteiger partial charge in [0.1, 0.15) is 16.9 Å². The number of carbonyl (C=O) groups excluding carboxylic acids is 3. The average Bonchev–Trinajstić information content (AvgIpc) is 2.98. The first-order valence-corrected chi connectivity index (χ1v) is 16.1. The molecule has 0 saturated heterocycles. The van der Waals surface area contributed by atoms with E-state index >= 15 is 0 Å². The standard InChI is InChI=1S/C36H43ClN4O8/c1-8-17-36(31(44)45,41-33(47)49-35(5,6)7)26(10-9-18-38-32(46)48-34(2,3)4)23-13-16-27-25(19-23)29(42)20-28(40-27)30(43)39-21-22-11-14-24(37)15-12-22/h11-16,19-20,26H,9-10,18,21H2,1-7H3,(H,38,46)(H,39,43)(H,40,42)(H,41,47)(H,44,45). The van der Waals surface area contributed by atoms with Crippen molar-refractivity contribution in [1.29, 1.82) is 0 Å². The summed E-state index contributed by atoms with van der Waals surface area (Å²) in [4.78, 5) is 67.6. The van der Waals surface area contributed by atoms with Crippen LogP contribution in [0.2, 0.25) is 5.02 Å². The number of carboxylic acid groups (broad SMARTS) is 1. The molecule has 0 aliphatic carbocycles. The van der Waals surface area contributed by atoms with E-state index in [1.54, 1.807) is 77.9 Å². The molecule has 0 aliphatic rings. The number of carbonyl (C=O) groups is 4. The van der Waals surface area contributed by atoms with Gasteiger partial charge < -0.3 is 30.2 Å². The molecule has 49 heavy (non-hydrogen) atoms. The molecule has 3 aromatic rings. The normalized spacial score (nSPS) is 13.2. The Labute approximate surface area is 290 Å². The molecule has 0 spiro atoms. The molecule has 262 valence electrons. The van der Waals surface area contributed by atoms with Crippen LogP contribution in [0, 0.1) is 11.8 Å². The molecule has 0 fully saturated rings. The van der Waals surface area contributed by atoms with E-state index in [1.165, 1.54) is 13.0 Å². The maximum Gasteiger partial charge on any atom is 0.409 e. The lowest BCUT2D eigenvalue weighted by Crippen LogP contribution is -2.58. The minimum absolute atomic E-state index is 0.0345. The number of alkyl carbamates (subject to hydrolysis) is 2. The second-order valence-corrected chi connectivity index (χ2v) is 13.8. The number of ether oxygens (including phenoxy) is 2. The number of benzene rings is 2. The Kier molecular flexibility index (Phi) is 12.5. The summed E-state index contributed by atoms with van der Waals surface area (Å²) in [6, 6.07) is 12.8. The summed E-state index contributed by atoms with van der Waals surface area (Å²) in [5.41, 5.74) is -2.77. The third-order valence-electron chi connectivity index (χ3n) is 7.09. The van der Waals surface area contributed by atoms with Gasteiger partial charge in [-0.15, -0.1) is 5.92 Å². The highest BCUT2D eigenvalue weighted by molar-refractivity contribution is 6.30. The fourth-order valence-electron chi connectivity index (χ4n) is 5.05. The highest BCUT2D eigenvalue weighted by Gasteiger charge is 2.48. The molecule has 2 atom stereocenters.